The van der Waals surface area contributed by atoms with Gasteiger partial charge in [0.25, 0.3) is 11.8 Å². The van der Waals surface area contributed by atoms with Crippen LogP contribution in [0.1, 0.15) is 20.0 Å². The van der Waals surface area contributed by atoms with Gasteiger partial charge in [-0.1, -0.05) is 6.07 Å². The van der Waals surface area contributed by atoms with Gasteiger partial charge in [0.05, 0.1) is 28.5 Å². The number of sulfonamides is 1. The number of carbonyl (C=O) groups is 3. The van der Waals surface area contributed by atoms with Crippen molar-refractivity contribution < 1.29 is 32.3 Å². The molecule has 1 aliphatic rings. The fraction of sp³-hybridized carbons (Fsp3) is 0.278. The summed E-state index contributed by atoms with van der Waals surface area (Å²) in [5, 5.41) is 3.81. The van der Waals surface area contributed by atoms with Gasteiger partial charge in [-0.3, -0.25) is 14.9 Å². The zero-order chi connectivity index (χ0) is 20.9. The van der Waals surface area contributed by atoms with Crippen molar-refractivity contribution in [3.8, 4) is 0 Å². The Hall–Kier alpha value is -2.60. The van der Waals surface area contributed by atoms with Gasteiger partial charge in [0.2, 0.25) is 10.0 Å². The molecule has 0 aliphatic carbocycles. The highest BCUT2D eigenvalue weighted by Crippen LogP contribution is 2.18. The number of esters is 1. The number of imide groups is 1. The van der Waals surface area contributed by atoms with Gasteiger partial charge < -0.3 is 9.47 Å². The molecule has 154 valence electrons. The molecule has 0 atom stereocenters. The number of thiophene rings is 1. The molecule has 0 saturated carbocycles. The maximum absolute atomic E-state index is 12.6. The minimum Gasteiger partial charge on any atom is -0.452 e. The number of carbonyl (C=O) groups excluding carboxylic acids is 3. The number of nitrogens with zero attached hydrogens (tertiary/aromatic N) is 1. The van der Waals surface area contributed by atoms with E-state index < -0.39 is 34.4 Å². The van der Waals surface area contributed by atoms with Crippen molar-refractivity contribution in [1.29, 1.82) is 0 Å². The molecule has 1 aromatic heterocycles. The molecule has 0 unspecified atom stereocenters. The molecule has 11 heteroatoms. The van der Waals surface area contributed by atoms with Crippen LogP contribution in [0.25, 0.3) is 0 Å². The number of hydrogen-bond donors (Lipinski definition) is 1. The third-order valence-corrected chi connectivity index (χ3v) is 6.81. The number of rotatable bonds is 6. The first kappa shape index (κ1) is 21.1. The highest BCUT2D eigenvalue weighted by Gasteiger charge is 2.26. The molecule has 1 aliphatic heterocycles. The Labute approximate surface area is 171 Å². The van der Waals surface area contributed by atoms with Crippen LogP contribution in [0.2, 0.25) is 0 Å². The highest BCUT2D eigenvalue weighted by atomic mass is 32.2. The molecule has 3 rings (SSSR count). The topological polar surface area (TPSA) is 119 Å². The Morgan fingerprint density at radius 3 is 2.41 bits per heavy atom. The molecule has 9 nitrogen and oxygen atoms in total. The number of morpholine rings is 1. The number of nitrogens with one attached hydrogen (secondary N) is 1. The van der Waals surface area contributed by atoms with E-state index in [4.69, 9.17) is 9.47 Å². The van der Waals surface area contributed by atoms with Gasteiger partial charge in [0.15, 0.2) is 6.61 Å². The summed E-state index contributed by atoms with van der Waals surface area (Å²) in [4.78, 5) is 36.0. The second-order valence-corrected chi connectivity index (χ2v) is 8.86. The van der Waals surface area contributed by atoms with Crippen LogP contribution >= 0.6 is 11.3 Å². The predicted molar refractivity (Wildman–Crippen MR) is 103 cm³/mol. The summed E-state index contributed by atoms with van der Waals surface area (Å²) in [5.74, 6) is -2.14. The molecule has 2 amide bonds. The summed E-state index contributed by atoms with van der Waals surface area (Å²) in [7, 11) is -3.66. The zero-order valence-corrected chi connectivity index (χ0v) is 16.8. The standard InChI is InChI=1S/C18H18N2O7S2/c21-16(19-17(22)15-2-1-11-28-15)12-27-18(23)13-3-5-14(6-4-13)29(24,25)20-7-9-26-10-8-20/h1-6,11H,7-10,12H2,(H,19,21,22). The minimum atomic E-state index is -3.66. The lowest BCUT2D eigenvalue weighted by atomic mass is 10.2. The molecular weight excluding hydrogens is 420 g/mol. The first-order valence-corrected chi connectivity index (χ1v) is 10.9. The second kappa shape index (κ2) is 9.27. The van der Waals surface area contributed by atoms with E-state index in [-0.39, 0.29) is 23.5 Å². The molecule has 0 spiro atoms. The normalized spacial score (nSPS) is 14.9. The number of ether oxygens (including phenoxy) is 2. The van der Waals surface area contributed by atoms with Gasteiger partial charge in [-0.2, -0.15) is 4.31 Å². The molecule has 0 bridgehead atoms. The van der Waals surface area contributed by atoms with Crippen molar-refractivity contribution in [1.82, 2.24) is 9.62 Å². The van der Waals surface area contributed by atoms with Gasteiger partial charge in [-0.25, -0.2) is 13.2 Å². The van der Waals surface area contributed by atoms with E-state index >= 15 is 0 Å². The lowest BCUT2D eigenvalue weighted by Gasteiger charge is -2.26. The van der Waals surface area contributed by atoms with Crippen molar-refractivity contribution in [2.75, 3.05) is 32.9 Å². The quantitative estimate of drug-likeness (QED) is 0.665. The maximum atomic E-state index is 12.6. The molecule has 1 aromatic carbocycles. The lowest BCUT2D eigenvalue weighted by Crippen LogP contribution is -2.40. The van der Waals surface area contributed by atoms with Gasteiger partial charge in [-0.05, 0) is 35.7 Å². The number of hydrogen-bond acceptors (Lipinski definition) is 8. The molecule has 29 heavy (non-hydrogen) atoms. The van der Waals surface area contributed by atoms with Gasteiger partial charge in [0, 0.05) is 13.1 Å². The number of benzene rings is 1. The van der Waals surface area contributed by atoms with Crippen LogP contribution in [-0.4, -0.2) is 63.4 Å². The van der Waals surface area contributed by atoms with Crippen molar-refractivity contribution in [2.24, 2.45) is 0 Å². The van der Waals surface area contributed by atoms with Crippen molar-refractivity contribution in [2.45, 2.75) is 4.90 Å². The fourth-order valence-corrected chi connectivity index (χ4v) is 4.57. The monoisotopic (exact) mass is 438 g/mol. The SMILES string of the molecule is O=C(COC(=O)c1ccc(S(=O)(=O)N2CCOCC2)cc1)NC(=O)c1cccs1. The summed E-state index contributed by atoms with van der Waals surface area (Å²) < 4.78 is 36.5. The molecule has 1 N–H and O–H groups in total. The van der Waals surface area contributed by atoms with Crippen LogP contribution in [0, 0.1) is 0 Å². The molecule has 0 radical (unpaired) electrons. The zero-order valence-electron chi connectivity index (χ0n) is 15.2. The molecule has 1 saturated heterocycles. The Bertz CT molecular complexity index is 980. The van der Waals surface area contributed by atoms with Gasteiger partial charge in [-0.15, -0.1) is 11.3 Å². The first-order valence-electron chi connectivity index (χ1n) is 8.61. The van der Waals surface area contributed by atoms with E-state index in [2.05, 4.69) is 5.32 Å². The van der Waals surface area contributed by atoms with E-state index in [1.807, 2.05) is 0 Å². The molecule has 2 aromatic rings. The van der Waals surface area contributed by atoms with E-state index in [0.717, 1.165) is 0 Å². The van der Waals surface area contributed by atoms with E-state index in [1.165, 1.54) is 39.9 Å². The largest absolute Gasteiger partial charge is 0.452 e. The van der Waals surface area contributed by atoms with E-state index in [9.17, 15) is 22.8 Å². The maximum Gasteiger partial charge on any atom is 0.338 e. The predicted octanol–water partition coefficient (Wildman–Crippen LogP) is 0.882. The Morgan fingerprint density at radius 2 is 1.79 bits per heavy atom. The summed E-state index contributed by atoms with van der Waals surface area (Å²) in [6.45, 7) is 0.571. The minimum absolute atomic E-state index is 0.0511. The Balaban J connectivity index is 1.55. The van der Waals surface area contributed by atoms with Crippen LogP contribution in [0.4, 0.5) is 0 Å². The molecule has 1 fully saturated rings. The Kier molecular flexibility index (Phi) is 6.75. The number of amides is 2. The van der Waals surface area contributed by atoms with Crippen LogP contribution in [0.15, 0.2) is 46.7 Å². The van der Waals surface area contributed by atoms with E-state index in [1.54, 1.807) is 17.5 Å². The molecular formula is C18H18N2O7S2. The highest BCUT2D eigenvalue weighted by molar-refractivity contribution is 7.89. The average molecular weight is 438 g/mol. The summed E-state index contributed by atoms with van der Waals surface area (Å²) in [6, 6.07) is 8.47. The average Bonchev–Trinajstić information content (AvgIpc) is 3.28. The van der Waals surface area contributed by atoms with Gasteiger partial charge in [0.1, 0.15) is 0 Å². The van der Waals surface area contributed by atoms with Gasteiger partial charge >= 0.3 is 5.97 Å². The van der Waals surface area contributed by atoms with Crippen LogP contribution in [0.3, 0.4) is 0 Å². The van der Waals surface area contributed by atoms with Crippen molar-refractivity contribution >= 4 is 39.1 Å². The molecule has 2 heterocycles. The van der Waals surface area contributed by atoms with E-state index in [0.29, 0.717) is 18.1 Å². The fourth-order valence-electron chi connectivity index (χ4n) is 2.55. The summed E-state index contributed by atoms with van der Waals surface area (Å²) >= 11 is 1.18. The summed E-state index contributed by atoms with van der Waals surface area (Å²) in [5.41, 5.74) is 0.0864. The third kappa shape index (κ3) is 5.26. The second-order valence-electron chi connectivity index (χ2n) is 5.97. The smallest absolute Gasteiger partial charge is 0.338 e. The first-order chi connectivity index (χ1) is 13.9. The van der Waals surface area contributed by atoms with Crippen LogP contribution in [-0.2, 0) is 24.3 Å². The van der Waals surface area contributed by atoms with Crippen molar-refractivity contribution in [3.05, 3.63) is 52.2 Å². The van der Waals surface area contributed by atoms with Crippen LogP contribution in [0.5, 0.6) is 0 Å². The van der Waals surface area contributed by atoms with Crippen LogP contribution < -0.4 is 5.32 Å². The third-order valence-electron chi connectivity index (χ3n) is 4.03. The van der Waals surface area contributed by atoms with Crippen molar-refractivity contribution in [3.63, 3.8) is 0 Å². The Morgan fingerprint density at radius 1 is 1.10 bits per heavy atom. The lowest BCUT2D eigenvalue weighted by molar-refractivity contribution is -0.123. The summed E-state index contributed by atoms with van der Waals surface area (Å²) in [6.07, 6.45) is 0.